The van der Waals surface area contributed by atoms with Crippen molar-refractivity contribution in [3.05, 3.63) is 24.3 Å². The molecule has 0 bridgehead atoms. The number of nitrogens with one attached hydrogen (secondary N) is 1. The second-order valence-electron chi connectivity index (χ2n) is 18.7. The molecule has 1 heterocycles. The second kappa shape index (κ2) is 43.6. The molecule has 1 amide bonds. The van der Waals surface area contributed by atoms with Gasteiger partial charge in [-0.3, -0.25) is 4.79 Å². The van der Waals surface area contributed by atoms with Gasteiger partial charge in [-0.1, -0.05) is 231 Å². The van der Waals surface area contributed by atoms with Crippen molar-refractivity contribution in [3.8, 4) is 0 Å². The second-order valence-corrected chi connectivity index (χ2v) is 18.7. The SMILES string of the molecule is CCCC/C=C\CCCCCCCC(=O)NC(COC1OC(CO)C(O)C(O)C1O)C(O)/C=C/CCCCCCCCCCCCCCCCCCCCCCCCCCCC. The number of unbranched alkanes of at least 4 members (excludes halogenated alkanes) is 33. The Bertz CT molecular complexity index is 1020. The number of ether oxygens (including phenoxy) is 2. The maximum atomic E-state index is 12.9. The number of aliphatic hydroxyl groups is 5. The number of aliphatic hydroxyl groups excluding tert-OH is 5. The third-order valence-corrected chi connectivity index (χ3v) is 12.8. The van der Waals surface area contributed by atoms with Crippen LogP contribution < -0.4 is 5.32 Å². The van der Waals surface area contributed by atoms with E-state index in [0.29, 0.717) is 6.42 Å². The van der Waals surface area contributed by atoms with Crippen LogP contribution in [0.4, 0.5) is 0 Å². The van der Waals surface area contributed by atoms with E-state index in [1.165, 1.54) is 167 Å². The Morgan fingerprint density at radius 1 is 0.532 bits per heavy atom. The molecule has 6 N–H and O–H groups in total. The highest BCUT2D eigenvalue weighted by Gasteiger charge is 2.44. The summed E-state index contributed by atoms with van der Waals surface area (Å²) in [5.41, 5.74) is 0. The van der Waals surface area contributed by atoms with E-state index in [1.807, 2.05) is 6.08 Å². The van der Waals surface area contributed by atoms with E-state index in [-0.39, 0.29) is 12.5 Å². The molecule has 0 aromatic carbocycles. The van der Waals surface area contributed by atoms with Crippen molar-refractivity contribution in [3.63, 3.8) is 0 Å². The van der Waals surface area contributed by atoms with Gasteiger partial charge in [0.05, 0.1) is 25.4 Å². The Morgan fingerprint density at radius 3 is 1.35 bits per heavy atom. The van der Waals surface area contributed by atoms with Gasteiger partial charge in [0.25, 0.3) is 0 Å². The van der Waals surface area contributed by atoms with Crippen LogP contribution in [0.1, 0.15) is 251 Å². The number of allylic oxidation sites excluding steroid dienone is 3. The van der Waals surface area contributed by atoms with Crippen LogP contribution >= 0.6 is 0 Å². The number of hydrogen-bond acceptors (Lipinski definition) is 8. The first kappa shape index (κ1) is 58.7. The molecule has 7 atom stereocenters. The molecule has 0 aliphatic carbocycles. The molecular formula is C53H101NO8. The van der Waals surface area contributed by atoms with Gasteiger partial charge in [0.1, 0.15) is 24.4 Å². The van der Waals surface area contributed by atoms with E-state index in [4.69, 9.17) is 9.47 Å². The van der Waals surface area contributed by atoms with Crippen LogP contribution in [0.5, 0.6) is 0 Å². The van der Waals surface area contributed by atoms with Gasteiger partial charge in [-0.25, -0.2) is 0 Å². The van der Waals surface area contributed by atoms with Crippen molar-refractivity contribution in [1.82, 2.24) is 5.32 Å². The molecule has 1 rings (SSSR count). The zero-order valence-corrected chi connectivity index (χ0v) is 40.4. The van der Waals surface area contributed by atoms with Crippen molar-refractivity contribution >= 4 is 5.91 Å². The van der Waals surface area contributed by atoms with E-state index in [1.54, 1.807) is 6.08 Å². The van der Waals surface area contributed by atoms with Crippen molar-refractivity contribution in [2.75, 3.05) is 13.2 Å². The molecule has 0 aromatic heterocycles. The molecule has 1 saturated heterocycles. The van der Waals surface area contributed by atoms with Gasteiger partial charge in [-0.2, -0.15) is 0 Å². The highest BCUT2D eigenvalue weighted by atomic mass is 16.7. The maximum absolute atomic E-state index is 12.9. The van der Waals surface area contributed by atoms with Crippen LogP contribution in [-0.2, 0) is 14.3 Å². The Labute approximate surface area is 381 Å². The monoisotopic (exact) mass is 880 g/mol. The molecule has 0 spiro atoms. The minimum absolute atomic E-state index is 0.186. The Hall–Kier alpha value is -1.33. The number of rotatable bonds is 45. The topological polar surface area (TPSA) is 149 Å². The summed E-state index contributed by atoms with van der Waals surface area (Å²) in [6, 6.07) is -0.806. The average Bonchev–Trinajstić information content (AvgIpc) is 3.27. The molecule has 7 unspecified atom stereocenters. The predicted molar refractivity (Wildman–Crippen MR) is 258 cm³/mol. The van der Waals surface area contributed by atoms with E-state index in [0.717, 1.165) is 64.2 Å². The lowest BCUT2D eigenvalue weighted by atomic mass is 9.99. The zero-order valence-electron chi connectivity index (χ0n) is 40.4. The molecule has 62 heavy (non-hydrogen) atoms. The fraction of sp³-hybridized carbons (Fsp3) is 0.906. The van der Waals surface area contributed by atoms with Gasteiger partial charge in [0, 0.05) is 6.42 Å². The summed E-state index contributed by atoms with van der Waals surface area (Å²) in [6.07, 6.45) is 46.8. The predicted octanol–water partition coefficient (Wildman–Crippen LogP) is 12.2. The minimum Gasteiger partial charge on any atom is -0.394 e. The summed E-state index contributed by atoms with van der Waals surface area (Å²) in [5, 5.41) is 54.3. The summed E-state index contributed by atoms with van der Waals surface area (Å²) < 4.78 is 11.2. The molecule has 9 nitrogen and oxygen atoms in total. The van der Waals surface area contributed by atoms with Gasteiger partial charge in [0.2, 0.25) is 5.91 Å². The molecule has 0 saturated carbocycles. The zero-order chi connectivity index (χ0) is 45.1. The first-order chi connectivity index (χ1) is 30.3. The quantitative estimate of drug-likeness (QED) is 0.0262. The lowest BCUT2D eigenvalue weighted by Crippen LogP contribution is -2.60. The Kier molecular flexibility index (Phi) is 41.2. The number of amides is 1. The van der Waals surface area contributed by atoms with Crippen molar-refractivity contribution in [2.45, 2.75) is 294 Å². The van der Waals surface area contributed by atoms with Crippen LogP contribution in [0, 0.1) is 0 Å². The third-order valence-electron chi connectivity index (χ3n) is 12.8. The fourth-order valence-electron chi connectivity index (χ4n) is 8.49. The highest BCUT2D eigenvalue weighted by Crippen LogP contribution is 2.23. The van der Waals surface area contributed by atoms with Crippen LogP contribution in [0.15, 0.2) is 24.3 Å². The normalized spacial score (nSPS) is 20.4. The summed E-state index contributed by atoms with van der Waals surface area (Å²) in [6.45, 7) is 3.74. The number of carbonyl (C=O) groups excluding carboxylic acids is 1. The van der Waals surface area contributed by atoms with Crippen molar-refractivity contribution in [2.24, 2.45) is 0 Å². The van der Waals surface area contributed by atoms with E-state index >= 15 is 0 Å². The van der Waals surface area contributed by atoms with Crippen LogP contribution in [0.3, 0.4) is 0 Å². The highest BCUT2D eigenvalue weighted by molar-refractivity contribution is 5.76. The molecule has 366 valence electrons. The molecule has 9 heteroatoms. The molecule has 1 aliphatic rings. The number of carbonyl (C=O) groups is 1. The van der Waals surface area contributed by atoms with Crippen molar-refractivity contribution < 1.29 is 39.8 Å². The van der Waals surface area contributed by atoms with Gasteiger partial charge in [-0.05, 0) is 38.5 Å². The standard InChI is InChI=1S/C53H101NO8/c1-3-5-7-9-11-13-15-16-17-18-19-20-21-22-23-24-25-26-27-28-29-30-31-33-34-36-38-40-42-47(56)46(45-61-53-52(60)51(59)50(58)48(44-55)62-53)54-49(57)43-41-39-37-35-32-14-12-10-8-6-4-2/h10,12,40,42,46-48,50-53,55-56,58-60H,3-9,11,13-39,41,43-45H2,1-2H3,(H,54,57)/b12-10-,42-40+. The summed E-state index contributed by atoms with van der Waals surface area (Å²) >= 11 is 0. The molecule has 0 radical (unpaired) electrons. The number of hydrogen-bond donors (Lipinski definition) is 6. The first-order valence-corrected chi connectivity index (χ1v) is 26.6. The van der Waals surface area contributed by atoms with Crippen LogP contribution in [0.25, 0.3) is 0 Å². The first-order valence-electron chi connectivity index (χ1n) is 26.6. The summed E-state index contributed by atoms with van der Waals surface area (Å²) in [5.74, 6) is -0.186. The lowest BCUT2D eigenvalue weighted by molar-refractivity contribution is -0.302. The molecule has 1 aliphatic heterocycles. The Morgan fingerprint density at radius 2 is 0.919 bits per heavy atom. The molecule has 0 aromatic rings. The minimum atomic E-state index is -1.57. The summed E-state index contributed by atoms with van der Waals surface area (Å²) in [4.78, 5) is 12.9. The van der Waals surface area contributed by atoms with Crippen LogP contribution in [0.2, 0.25) is 0 Å². The van der Waals surface area contributed by atoms with Crippen LogP contribution in [-0.4, -0.2) is 87.5 Å². The largest absolute Gasteiger partial charge is 0.394 e. The fourth-order valence-corrected chi connectivity index (χ4v) is 8.49. The van der Waals surface area contributed by atoms with Gasteiger partial charge < -0.3 is 40.3 Å². The molecular weight excluding hydrogens is 779 g/mol. The third kappa shape index (κ3) is 33.2. The van der Waals surface area contributed by atoms with Gasteiger partial charge in [-0.15, -0.1) is 0 Å². The van der Waals surface area contributed by atoms with Crippen molar-refractivity contribution in [1.29, 1.82) is 0 Å². The van der Waals surface area contributed by atoms with E-state index < -0.39 is 49.5 Å². The average molecular weight is 880 g/mol. The van der Waals surface area contributed by atoms with Gasteiger partial charge >= 0.3 is 0 Å². The van der Waals surface area contributed by atoms with E-state index in [9.17, 15) is 30.3 Å². The smallest absolute Gasteiger partial charge is 0.220 e. The maximum Gasteiger partial charge on any atom is 0.220 e. The van der Waals surface area contributed by atoms with E-state index in [2.05, 4.69) is 31.3 Å². The lowest BCUT2D eigenvalue weighted by Gasteiger charge is -2.40. The Balaban J connectivity index is 2.18. The summed E-state index contributed by atoms with van der Waals surface area (Å²) in [7, 11) is 0. The van der Waals surface area contributed by atoms with Gasteiger partial charge in [0.15, 0.2) is 6.29 Å². The molecule has 1 fully saturated rings.